The van der Waals surface area contributed by atoms with Gasteiger partial charge in [0.1, 0.15) is 36.1 Å². The second-order valence-electron chi connectivity index (χ2n) is 10.5. The number of rotatable bonds is 5. The molecule has 0 aromatic rings. The zero-order chi connectivity index (χ0) is 21.6. The van der Waals surface area contributed by atoms with Crippen LogP contribution in [0.3, 0.4) is 0 Å². The average Bonchev–Trinajstić information content (AvgIpc) is 3.60. The lowest BCUT2D eigenvalue weighted by molar-refractivity contribution is -0.152. The maximum absolute atomic E-state index is 12.2. The number of fused-ring (bicyclic) bond motifs is 4. The quantitative estimate of drug-likeness (QED) is 0.287. The summed E-state index contributed by atoms with van der Waals surface area (Å²) in [4.78, 5) is 21.3. The van der Waals surface area contributed by atoms with Crippen LogP contribution in [-0.2, 0) is 37.6 Å². The maximum atomic E-state index is 12.2. The van der Waals surface area contributed by atoms with Crippen LogP contribution in [0.1, 0.15) is 40.0 Å². The van der Waals surface area contributed by atoms with Crippen LogP contribution in [0.15, 0.2) is 11.1 Å². The minimum Gasteiger partial charge on any atom is -0.458 e. The molecule has 0 amide bonds. The largest absolute Gasteiger partial charge is 0.697 e. The fraction of sp³-hybridized carbons (Fsp3) is 0.857. The summed E-state index contributed by atoms with van der Waals surface area (Å²) in [6.07, 6.45) is 1.53. The van der Waals surface area contributed by atoms with Crippen LogP contribution >= 0.6 is 8.25 Å². The molecule has 0 radical (unpaired) electrons. The van der Waals surface area contributed by atoms with Crippen molar-refractivity contribution >= 4 is 14.2 Å². The summed E-state index contributed by atoms with van der Waals surface area (Å²) < 4.78 is 47.0. The van der Waals surface area contributed by atoms with Crippen molar-refractivity contribution < 1.29 is 42.5 Å². The van der Waals surface area contributed by atoms with Gasteiger partial charge >= 0.3 is 14.2 Å². The van der Waals surface area contributed by atoms with E-state index in [9.17, 15) is 9.36 Å². The van der Waals surface area contributed by atoms with E-state index in [0.29, 0.717) is 13.0 Å². The first-order valence-electron chi connectivity index (χ1n) is 11.1. The van der Waals surface area contributed by atoms with Crippen LogP contribution in [0.2, 0.25) is 0 Å². The van der Waals surface area contributed by atoms with Crippen LogP contribution < -0.4 is 0 Å². The molecule has 31 heavy (non-hydrogen) atoms. The molecule has 10 heteroatoms. The Morgan fingerprint density at radius 1 is 1.26 bits per heavy atom. The van der Waals surface area contributed by atoms with Gasteiger partial charge < -0.3 is 23.7 Å². The molecule has 4 heterocycles. The highest BCUT2D eigenvalue weighted by atomic mass is 31.1. The Hall–Kier alpha value is -0.930. The Kier molecular flexibility index (Phi) is 3.52. The summed E-state index contributed by atoms with van der Waals surface area (Å²) in [5, 5.41) is 0. The molecule has 10 atom stereocenters. The molecule has 7 rings (SSSR count). The fourth-order valence-electron chi connectivity index (χ4n) is 8.06. The Morgan fingerprint density at radius 2 is 2.06 bits per heavy atom. The Balaban J connectivity index is 1.31. The van der Waals surface area contributed by atoms with E-state index in [0.717, 1.165) is 24.0 Å². The Labute approximate surface area is 180 Å². The molecular formula is C21H26O9P+. The molecule has 4 aliphatic heterocycles. The molecule has 0 aromatic heterocycles. The van der Waals surface area contributed by atoms with Gasteiger partial charge in [0, 0.05) is 15.6 Å². The summed E-state index contributed by atoms with van der Waals surface area (Å²) in [6, 6.07) is 0. The van der Waals surface area contributed by atoms with Crippen molar-refractivity contribution in [3.05, 3.63) is 11.1 Å². The van der Waals surface area contributed by atoms with Crippen molar-refractivity contribution in [2.75, 3.05) is 13.4 Å². The molecule has 2 saturated carbocycles. The van der Waals surface area contributed by atoms with Gasteiger partial charge in [-0.3, -0.25) is 0 Å². The van der Waals surface area contributed by atoms with E-state index in [-0.39, 0.29) is 48.3 Å². The van der Waals surface area contributed by atoms with Crippen LogP contribution in [-0.4, -0.2) is 65.5 Å². The monoisotopic (exact) mass is 453 g/mol. The van der Waals surface area contributed by atoms with Gasteiger partial charge in [0.25, 0.3) is 0 Å². The third-order valence-electron chi connectivity index (χ3n) is 9.46. The summed E-state index contributed by atoms with van der Waals surface area (Å²) in [5.74, 6) is 0.127. The number of cyclic esters (lactones) is 1. The molecule has 168 valence electrons. The predicted octanol–water partition coefficient (Wildman–Crippen LogP) is 1.75. The smallest absolute Gasteiger partial charge is 0.458 e. The van der Waals surface area contributed by atoms with E-state index in [4.69, 9.17) is 33.1 Å². The Bertz CT molecular complexity index is 964. The lowest BCUT2D eigenvalue weighted by Gasteiger charge is -2.53. The first-order valence-corrected chi connectivity index (χ1v) is 12.2. The SMILES string of the molecule is CC(C)[C@]12O[C@H]1[C@@H]1O[C@@]13[C@@]1(C)CCC4=C(COC4=O)[C@@H]1CC1O[C@@]13[C@@H]2OCO[P+](=O)O. The molecule has 7 aliphatic rings. The number of hydrogen-bond donors (Lipinski definition) is 1. The van der Waals surface area contributed by atoms with E-state index in [1.54, 1.807) is 0 Å². The van der Waals surface area contributed by atoms with Crippen molar-refractivity contribution in [1.29, 1.82) is 0 Å². The predicted molar refractivity (Wildman–Crippen MR) is 102 cm³/mol. The second-order valence-corrected chi connectivity index (χ2v) is 11.3. The van der Waals surface area contributed by atoms with Gasteiger partial charge in [-0.15, -0.1) is 4.89 Å². The van der Waals surface area contributed by atoms with Gasteiger partial charge in [-0.05, 0) is 36.7 Å². The minimum atomic E-state index is -2.76. The van der Waals surface area contributed by atoms with E-state index >= 15 is 0 Å². The first kappa shape index (κ1) is 19.5. The molecule has 3 aliphatic carbocycles. The lowest BCUT2D eigenvalue weighted by Crippen LogP contribution is -2.69. The van der Waals surface area contributed by atoms with E-state index in [1.807, 2.05) is 0 Å². The van der Waals surface area contributed by atoms with Crippen molar-refractivity contribution in [2.45, 2.75) is 81.3 Å². The van der Waals surface area contributed by atoms with E-state index in [2.05, 4.69) is 20.8 Å². The number of carbonyl (C=O) groups excluding carboxylic acids is 1. The molecule has 1 N–H and O–H groups in total. The molecule has 2 unspecified atom stereocenters. The molecule has 5 fully saturated rings. The number of hydrogen-bond acceptors (Lipinski definition) is 8. The summed E-state index contributed by atoms with van der Waals surface area (Å²) in [6.45, 7) is 6.51. The third-order valence-corrected chi connectivity index (χ3v) is 9.79. The van der Waals surface area contributed by atoms with Gasteiger partial charge in [0.05, 0.1) is 6.10 Å². The third kappa shape index (κ3) is 1.93. The van der Waals surface area contributed by atoms with Crippen molar-refractivity contribution in [2.24, 2.45) is 17.3 Å². The highest BCUT2D eigenvalue weighted by Crippen LogP contribution is 2.83. The van der Waals surface area contributed by atoms with Gasteiger partial charge in [-0.25, -0.2) is 4.79 Å². The van der Waals surface area contributed by atoms with E-state index in [1.165, 1.54) is 0 Å². The number of epoxide rings is 3. The zero-order valence-electron chi connectivity index (χ0n) is 17.7. The van der Waals surface area contributed by atoms with Gasteiger partial charge in [0.2, 0.25) is 6.79 Å². The van der Waals surface area contributed by atoms with Crippen LogP contribution in [0.5, 0.6) is 0 Å². The molecular weight excluding hydrogens is 427 g/mol. The Morgan fingerprint density at radius 3 is 2.81 bits per heavy atom. The van der Waals surface area contributed by atoms with Crippen molar-refractivity contribution in [1.82, 2.24) is 0 Å². The topological polar surface area (TPSA) is 120 Å². The molecule has 3 saturated heterocycles. The van der Waals surface area contributed by atoms with Gasteiger partial charge in [-0.2, -0.15) is 0 Å². The standard InChI is InChI=1S/C21H25O9P/c1-9(2)19-14(29-19)15-21(30-15)18(3)5-4-10-11(7-25-16(10)22)12(18)6-13-20(21,28-13)17(19)26-8-27-31(23)24/h9,12-15,17H,4-8H2,1-3H3/p+1/t12-,13?,14-,15-,17+,18-,19-,20+,21+/m0/s1. The highest BCUT2D eigenvalue weighted by Gasteiger charge is 3.00. The van der Waals surface area contributed by atoms with Crippen LogP contribution in [0.25, 0.3) is 0 Å². The lowest BCUT2D eigenvalue weighted by atomic mass is 9.46. The second kappa shape index (κ2) is 5.58. The van der Waals surface area contributed by atoms with Gasteiger partial charge in [0.15, 0.2) is 5.60 Å². The first-order chi connectivity index (χ1) is 14.7. The fourth-order valence-corrected chi connectivity index (χ4v) is 8.21. The van der Waals surface area contributed by atoms with Gasteiger partial charge in [-0.1, -0.05) is 25.3 Å². The summed E-state index contributed by atoms with van der Waals surface area (Å²) in [5.41, 5.74) is -0.0835. The molecule has 2 spiro atoms. The normalized spacial score (nSPS) is 55.3. The molecule has 9 nitrogen and oxygen atoms in total. The van der Waals surface area contributed by atoms with Crippen LogP contribution in [0.4, 0.5) is 0 Å². The summed E-state index contributed by atoms with van der Waals surface area (Å²) >= 11 is 0. The number of ether oxygens (including phenoxy) is 5. The zero-order valence-corrected chi connectivity index (χ0v) is 18.6. The minimum absolute atomic E-state index is 0.0804. The molecule has 0 aromatic carbocycles. The van der Waals surface area contributed by atoms with E-state index < -0.39 is 31.2 Å². The number of carbonyl (C=O) groups is 1. The molecule has 0 bridgehead atoms. The van der Waals surface area contributed by atoms with Crippen molar-refractivity contribution in [3.63, 3.8) is 0 Å². The maximum Gasteiger partial charge on any atom is 0.697 e. The number of esters is 1. The van der Waals surface area contributed by atoms with Crippen LogP contribution in [0, 0.1) is 17.3 Å². The van der Waals surface area contributed by atoms with Crippen molar-refractivity contribution in [3.8, 4) is 0 Å². The summed E-state index contributed by atoms with van der Waals surface area (Å²) in [7, 11) is -2.76. The average molecular weight is 453 g/mol. The highest BCUT2D eigenvalue weighted by molar-refractivity contribution is 7.32.